The van der Waals surface area contributed by atoms with Crippen LogP contribution in [-0.2, 0) is 0 Å². The van der Waals surface area contributed by atoms with Crippen LogP contribution in [0.1, 0.15) is 27.2 Å². The summed E-state index contributed by atoms with van der Waals surface area (Å²) in [5, 5.41) is 9.44. The number of benzene rings is 1. The van der Waals surface area contributed by atoms with Crippen molar-refractivity contribution in [3.63, 3.8) is 0 Å². The molecular weight excluding hydrogens is 306 g/mol. The van der Waals surface area contributed by atoms with E-state index in [-0.39, 0.29) is 5.91 Å². The summed E-state index contributed by atoms with van der Waals surface area (Å²) in [6.07, 6.45) is 2.91. The lowest BCUT2D eigenvalue weighted by Gasteiger charge is -2.07. The summed E-state index contributed by atoms with van der Waals surface area (Å²) in [6, 6.07) is 7.64. The van der Waals surface area contributed by atoms with Crippen LogP contribution >= 0.6 is 0 Å². The van der Waals surface area contributed by atoms with Gasteiger partial charge in [-0.05, 0) is 44.0 Å². The van der Waals surface area contributed by atoms with Crippen molar-refractivity contribution < 1.29 is 9.32 Å². The fourth-order valence-electron chi connectivity index (χ4n) is 2.07. The summed E-state index contributed by atoms with van der Waals surface area (Å²) in [6.45, 7) is 5.85. The molecule has 2 heterocycles. The van der Waals surface area contributed by atoms with Gasteiger partial charge in [0.25, 0.3) is 5.91 Å². The van der Waals surface area contributed by atoms with Crippen molar-refractivity contribution in [2.75, 3.05) is 10.6 Å². The van der Waals surface area contributed by atoms with E-state index >= 15 is 0 Å². The number of hydrogen-bond acceptors (Lipinski definition) is 6. The van der Waals surface area contributed by atoms with Gasteiger partial charge in [0, 0.05) is 24.1 Å². The van der Waals surface area contributed by atoms with E-state index in [1.54, 1.807) is 13.0 Å². The van der Waals surface area contributed by atoms with Crippen LogP contribution in [0.25, 0.3) is 0 Å². The molecule has 0 aliphatic carbocycles. The largest absolute Gasteiger partial charge is 0.360 e. The minimum atomic E-state index is -0.346. The first-order valence-corrected chi connectivity index (χ1v) is 7.42. The molecule has 0 aliphatic heterocycles. The lowest BCUT2D eigenvalue weighted by Crippen LogP contribution is -2.13. The Hall–Kier alpha value is -3.22. The van der Waals surface area contributed by atoms with Crippen LogP contribution in [0.4, 0.5) is 17.5 Å². The third-order valence-corrected chi connectivity index (χ3v) is 3.55. The van der Waals surface area contributed by atoms with Crippen molar-refractivity contribution in [3.05, 3.63) is 59.1 Å². The van der Waals surface area contributed by atoms with E-state index in [9.17, 15) is 4.79 Å². The zero-order chi connectivity index (χ0) is 17.1. The Labute approximate surface area is 139 Å². The molecular formula is C17H17N5O2. The Morgan fingerprint density at radius 3 is 2.42 bits per heavy atom. The molecule has 0 atom stereocenters. The molecule has 3 aromatic rings. The molecule has 1 aromatic carbocycles. The number of aryl methyl sites for hydroxylation is 3. The lowest BCUT2D eigenvalue weighted by atomic mass is 10.1. The van der Waals surface area contributed by atoms with Gasteiger partial charge in [-0.3, -0.25) is 4.79 Å². The summed E-state index contributed by atoms with van der Waals surface area (Å²) in [4.78, 5) is 20.4. The second kappa shape index (κ2) is 6.49. The second-order valence-corrected chi connectivity index (χ2v) is 5.50. The van der Waals surface area contributed by atoms with E-state index in [1.165, 1.54) is 23.5 Å². The smallest absolute Gasteiger partial charge is 0.260 e. The van der Waals surface area contributed by atoms with Gasteiger partial charge >= 0.3 is 0 Å². The zero-order valence-corrected chi connectivity index (χ0v) is 13.6. The second-order valence-electron chi connectivity index (χ2n) is 5.50. The zero-order valence-electron chi connectivity index (χ0n) is 13.6. The summed E-state index contributed by atoms with van der Waals surface area (Å²) in [7, 11) is 0. The molecule has 122 valence electrons. The Balaban J connectivity index is 1.68. The van der Waals surface area contributed by atoms with Crippen molar-refractivity contribution in [1.29, 1.82) is 0 Å². The Kier molecular flexibility index (Phi) is 4.24. The van der Waals surface area contributed by atoms with Crippen LogP contribution in [-0.4, -0.2) is 21.0 Å². The molecule has 0 aliphatic rings. The van der Waals surface area contributed by atoms with Gasteiger partial charge in [-0.25, -0.2) is 9.97 Å². The number of aromatic nitrogens is 3. The molecule has 2 aromatic heterocycles. The van der Waals surface area contributed by atoms with Crippen LogP contribution in [0.15, 0.2) is 41.2 Å². The molecule has 0 spiro atoms. The normalized spacial score (nSPS) is 10.5. The first kappa shape index (κ1) is 15.7. The number of nitrogens with one attached hydrogen (secondary N) is 2. The van der Waals surface area contributed by atoms with Crippen molar-refractivity contribution in [3.8, 4) is 0 Å². The number of carbonyl (C=O) groups is 1. The minimum Gasteiger partial charge on any atom is -0.360 e. The lowest BCUT2D eigenvalue weighted by molar-refractivity contribution is 0.102. The highest BCUT2D eigenvalue weighted by atomic mass is 16.5. The summed E-state index contributed by atoms with van der Waals surface area (Å²) in [5.74, 6) is 1.05. The number of nitrogens with zero attached hydrogens (tertiary/aromatic N) is 3. The SMILES string of the molecule is Cc1cc(NC(=O)c2cnc(Nc3ccc(C)c(C)c3)nc2)no1. The molecule has 2 N–H and O–H groups in total. The molecule has 0 radical (unpaired) electrons. The van der Waals surface area contributed by atoms with Crippen molar-refractivity contribution >= 4 is 23.4 Å². The Morgan fingerprint density at radius 2 is 1.79 bits per heavy atom. The molecule has 1 amide bonds. The molecule has 0 saturated heterocycles. The molecule has 24 heavy (non-hydrogen) atoms. The van der Waals surface area contributed by atoms with Crippen molar-refractivity contribution in [2.24, 2.45) is 0 Å². The van der Waals surface area contributed by atoms with Gasteiger partial charge in [0.1, 0.15) is 5.76 Å². The van der Waals surface area contributed by atoms with E-state index in [4.69, 9.17) is 4.52 Å². The van der Waals surface area contributed by atoms with Gasteiger partial charge in [-0.2, -0.15) is 0 Å². The predicted molar refractivity (Wildman–Crippen MR) is 90.4 cm³/mol. The Bertz CT molecular complexity index is 871. The average Bonchev–Trinajstić information content (AvgIpc) is 2.96. The number of carbonyl (C=O) groups excluding carboxylic acids is 1. The number of anilines is 3. The van der Waals surface area contributed by atoms with Crippen molar-refractivity contribution in [2.45, 2.75) is 20.8 Å². The van der Waals surface area contributed by atoms with Gasteiger partial charge in [0.05, 0.1) is 5.56 Å². The van der Waals surface area contributed by atoms with Gasteiger partial charge < -0.3 is 15.2 Å². The van der Waals surface area contributed by atoms with Gasteiger partial charge in [0.15, 0.2) is 5.82 Å². The minimum absolute atomic E-state index is 0.335. The van der Waals surface area contributed by atoms with Gasteiger partial charge in [-0.15, -0.1) is 0 Å². The highest BCUT2D eigenvalue weighted by Gasteiger charge is 2.10. The number of hydrogen-bond donors (Lipinski definition) is 2. The summed E-state index contributed by atoms with van der Waals surface area (Å²) in [5.41, 5.74) is 3.63. The van der Waals surface area contributed by atoms with Crippen LogP contribution < -0.4 is 10.6 Å². The maximum atomic E-state index is 12.1. The Morgan fingerprint density at radius 1 is 1.04 bits per heavy atom. The molecule has 0 unspecified atom stereocenters. The number of amides is 1. The van der Waals surface area contributed by atoms with Crippen LogP contribution in [0.2, 0.25) is 0 Å². The van der Waals surface area contributed by atoms with Crippen LogP contribution in [0, 0.1) is 20.8 Å². The number of rotatable bonds is 4. The molecule has 0 fully saturated rings. The summed E-state index contributed by atoms with van der Waals surface area (Å²) < 4.78 is 4.90. The van der Waals surface area contributed by atoms with E-state index in [0.717, 1.165) is 5.69 Å². The monoisotopic (exact) mass is 323 g/mol. The van der Waals surface area contributed by atoms with E-state index in [2.05, 4.69) is 32.7 Å². The highest BCUT2D eigenvalue weighted by Crippen LogP contribution is 2.17. The fraction of sp³-hybridized carbons (Fsp3) is 0.176. The maximum Gasteiger partial charge on any atom is 0.260 e. The van der Waals surface area contributed by atoms with Gasteiger partial charge in [0.2, 0.25) is 5.95 Å². The molecule has 3 rings (SSSR count). The first-order valence-electron chi connectivity index (χ1n) is 7.42. The standard InChI is InChI=1S/C17H17N5O2/c1-10-4-5-14(6-11(10)2)20-17-18-8-13(9-19-17)16(23)21-15-7-12(3)24-22-15/h4-9H,1-3H3,(H,18,19,20)(H,21,22,23). The average molecular weight is 323 g/mol. The van der Waals surface area contributed by atoms with Crippen LogP contribution in [0.5, 0.6) is 0 Å². The third-order valence-electron chi connectivity index (χ3n) is 3.55. The van der Waals surface area contributed by atoms with Gasteiger partial charge in [-0.1, -0.05) is 11.2 Å². The van der Waals surface area contributed by atoms with Crippen molar-refractivity contribution in [1.82, 2.24) is 15.1 Å². The summed E-state index contributed by atoms with van der Waals surface area (Å²) >= 11 is 0. The quantitative estimate of drug-likeness (QED) is 0.764. The highest BCUT2D eigenvalue weighted by molar-refractivity contribution is 6.03. The maximum absolute atomic E-state index is 12.1. The topological polar surface area (TPSA) is 92.9 Å². The first-order chi connectivity index (χ1) is 11.5. The fourth-order valence-corrected chi connectivity index (χ4v) is 2.07. The molecule has 7 nitrogen and oxygen atoms in total. The van der Waals surface area contributed by atoms with E-state index in [1.807, 2.05) is 25.1 Å². The third kappa shape index (κ3) is 3.57. The van der Waals surface area contributed by atoms with E-state index < -0.39 is 0 Å². The van der Waals surface area contributed by atoms with E-state index in [0.29, 0.717) is 23.1 Å². The van der Waals surface area contributed by atoms with Crippen LogP contribution in [0.3, 0.4) is 0 Å². The molecule has 7 heteroatoms. The molecule has 0 bridgehead atoms. The predicted octanol–water partition coefficient (Wildman–Crippen LogP) is 3.39. The molecule has 0 saturated carbocycles.